The van der Waals surface area contributed by atoms with Crippen LogP contribution in [0.15, 0.2) is 42.9 Å². The van der Waals surface area contributed by atoms with Crippen LogP contribution >= 0.6 is 0 Å². The molecule has 0 radical (unpaired) electrons. The first-order chi connectivity index (χ1) is 12.3. The molecule has 7 nitrogen and oxygen atoms in total. The number of nitrogens with one attached hydrogen (secondary N) is 1. The van der Waals surface area contributed by atoms with Crippen LogP contribution in [0.1, 0.15) is 12.1 Å². The summed E-state index contributed by atoms with van der Waals surface area (Å²) in [5.74, 6) is 0.843. The highest BCUT2D eigenvalue weighted by molar-refractivity contribution is 5.78. The number of para-hydroxylation sites is 2. The summed E-state index contributed by atoms with van der Waals surface area (Å²) in [7, 11) is 0. The minimum absolute atomic E-state index is 0.297. The highest BCUT2D eigenvalue weighted by Crippen LogP contribution is 2.23. The van der Waals surface area contributed by atoms with Crippen molar-refractivity contribution in [3.8, 4) is 6.07 Å². The van der Waals surface area contributed by atoms with Crippen molar-refractivity contribution in [2.24, 2.45) is 0 Å². The van der Waals surface area contributed by atoms with Crippen molar-refractivity contribution < 1.29 is 0 Å². The third-order valence-electron chi connectivity index (χ3n) is 4.49. The van der Waals surface area contributed by atoms with E-state index in [0.717, 1.165) is 42.2 Å². The van der Waals surface area contributed by atoms with Crippen LogP contribution in [-0.4, -0.2) is 50.1 Å². The molecule has 1 atom stereocenters. The SMILES string of the molecule is N#CCN1CCC(Nc2nc3ccccc3n2Cc2cnccn2)C1. The summed E-state index contributed by atoms with van der Waals surface area (Å²) in [6.45, 7) is 2.90. The smallest absolute Gasteiger partial charge is 0.204 e. The number of nitrogens with zero attached hydrogens (tertiary/aromatic N) is 6. The fourth-order valence-corrected chi connectivity index (χ4v) is 3.30. The lowest BCUT2D eigenvalue weighted by molar-refractivity contribution is 0.378. The van der Waals surface area contributed by atoms with Gasteiger partial charge in [-0.25, -0.2) is 4.98 Å². The molecule has 1 unspecified atom stereocenters. The third-order valence-corrected chi connectivity index (χ3v) is 4.49. The molecule has 0 aliphatic carbocycles. The second-order valence-electron chi connectivity index (χ2n) is 6.23. The number of hydrogen-bond acceptors (Lipinski definition) is 6. The summed E-state index contributed by atoms with van der Waals surface area (Å²) >= 11 is 0. The van der Waals surface area contributed by atoms with Gasteiger partial charge in [-0.2, -0.15) is 5.26 Å². The molecule has 1 aromatic carbocycles. The van der Waals surface area contributed by atoms with Gasteiger partial charge in [0.25, 0.3) is 0 Å². The maximum absolute atomic E-state index is 8.86. The molecule has 1 saturated heterocycles. The quantitative estimate of drug-likeness (QED) is 0.718. The van der Waals surface area contributed by atoms with E-state index in [1.165, 1.54) is 0 Å². The molecule has 1 aliphatic rings. The summed E-state index contributed by atoms with van der Waals surface area (Å²) in [6, 6.07) is 10.6. The normalized spacial score (nSPS) is 17.6. The average Bonchev–Trinajstić information content (AvgIpc) is 3.22. The molecule has 0 amide bonds. The van der Waals surface area contributed by atoms with Crippen molar-refractivity contribution in [1.29, 1.82) is 5.26 Å². The van der Waals surface area contributed by atoms with E-state index in [1.807, 2.05) is 18.2 Å². The van der Waals surface area contributed by atoms with Crippen LogP contribution in [0.25, 0.3) is 11.0 Å². The lowest BCUT2D eigenvalue weighted by Crippen LogP contribution is -2.27. The van der Waals surface area contributed by atoms with Crippen LogP contribution in [0, 0.1) is 11.3 Å². The Hall–Kier alpha value is -2.98. The van der Waals surface area contributed by atoms with E-state index in [9.17, 15) is 0 Å². The zero-order chi connectivity index (χ0) is 17.1. The van der Waals surface area contributed by atoms with Crippen LogP contribution in [0.3, 0.4) is 0 Å². The van der Waals surface area contributed by atoms with E-state index < -0.39 is 0 Å². The first-order valence-electron chi connectivity index (χ1n) is 8.39. The topological polar surface area (TPSA) is 82.7 Å². The molecule has 3 heterocycles. The van der Waals surface area contributed by atoms with E-state index >= 15 is 0 Å². The van der Waals surface area contributed by atoms with Gasteiger partial charge in [-0.1, -0.05) is 12.1 Å². The van der Waals surface area contributed by atoms with E-state index in [4.69, 9.17) is 10.2 Å². The van der Waals surface area contributed by atoms with Gasteiger partial charge in [-0.15, -0.1) is 0 Å². The number of likely N-dealkylation sites (tertiary alicyclic amines) is 1. The third kappa shape index (κ3) is 3.30. The van der Waals surface area contributed by atoms with Crippen LogP contribution in [0.5, 0.6) is 0 Å². The maximum Gasteiger partial charge on any atom is 0.204 e. The van der Waals surface area contributed by atoms with Crippen LogP contribution in [0.2, 0.25) is 0 Å². The Morgan fingerprint density at radius 3 is 3.04 bits per heavy atom. The largest absolute Gasteiger partial charge is 0.352 e. The molecule has 3 aromatic rings. The Balaban J connectivity index is 1.62. The minimum atomic E-state index is 0.297. The Morgan fingerprint density at radius 1 is 1.28 bits per heavy atom. The highest BCUT2D eigenvalue weighted by atomic mass is 15.3. The lowest BCUT2D eigenvalue weighted by atomic mass is 10.3. The van der Waals surface area contributed by atoms with Gasteiger partial charge >= 0.3 is 0 Å². The molecule has 25 heavy (non-hydrogen) atoms. The molecule has 0 bridgehead atoms. The second kappa shape index (κ2) is 6.87. The summed E-state index contributed by atoms with van der Waals surface area (Å²) in [6.07, 6.45) is 6.17. The first kappa shape index (κ1) is 15.5. The zero-order valence-electron chi connectivity index (χ0n) is 13.8. The van der Waals surface area contributed by atoms with Crippen LogP contribution in [-0.2, 0) is 6.54 Å². The van der Waals surface area contributed by atoms with E-state index in [-0.39, 0.29) is 0 Å². The van der Waals surface area contributed by atoms with Crippen molar-refractivity contribution in [2.75, 3.05) is 25.0 Å². The summed E-state index contributed by atoms with van der Waals surface area (Å²) < 4.78 is 2.15. The molecule has 1 N–H and O–H groups in total. The maximum atomic E-state index is 8.86. The molecule has 0 saturated carbocycles. The standard InChI is InChI=1S/C18H19N7/c19-6-10-24-9-5-14(12-24)22-18-23-16-3-1-2-4-17(16)25(18)13-15-11-20-7-8-21-15/h1-4,7-8,11,14H,5,9-10,12-13H2,(H,22,23). The summed E-state index contributed by atoms with van der Waals surface area (Å²) in [5.41, 5.74) is 2.93. The van der Waals surface area contributed by atoms with E-state index in [1.54, 1.807) is 18.6 Å². The van der Waals surface area contributed by atoms with Gasteiger partial charge in [0.1, 0.15) is 0 Å². The lowest BCUT2D eigenvalue weighted by Gasteiger charge is -2.16. The number of rotatable bonds is 5. The predicted molar refractivity (Wildman–Crippen MR) is 94.9 cm³/mol. The molecule has 126 valence electrons. The number of benzene rings is 1. The Bertz CT molecular complexity index is 897. The molecule has 0 spiro atoms. The number of anilines is 1. The van der Waals surface area contributed by atoms with Gasteiger partial charge in [0.2, 0.25) is 5.95 Å². The number of fused-ring (bicyclic) bond motifs is 1. The first-order valence-corrected chi connectivity index (χ1v) is 8.39. The number of hydrogen-bond donors (Lipinski definition) is 1. The monoisotopic (exact) mass is 333 g/mol. The Kier molecular flexibility index (Phi) is 4.27. The van der Waals surface area contributed by atoms with E-state index in [0.29, 0.717) is 19.1 Å². The fraction of sp³-hybridized carbons (Fsp3) is 0.333. The predicted octanol–water partition coefficient (Wildman–Crippen LogP) is 1.88. The molecular formula is C18H19N7. The van der Waals surface area contributed by atoms with Gasteiger partial charge in [-0.3, -0.25) is 14.9 Å². The highest BCUT2D eigenvalue weighted by Gasteiger charge is 2.24. The fourth-order valence-electron chi connectivity index (χ4n) is 3.30. The molecule has 2 aromatic heterocycles. The number of nitriles is 1. The minimum Gasteiger partial charge on any atom is -0.352 e. The van der Waals surface area contributed by atoms with Crippen LogP contribution in [0.4, 0.5) is 5.95 Å². The Labute approximate surface area is 145 Å². The van der Waals surface area contributed by atoms with Crippen molar-refractivity contribution in [3.63, 3.8) is 0 Å². The molecule has 1 aliphatic heterocycles. The van der Waals surface area contributed by atoms with Crippen molar-refractivity contribution >= 4 is 17.0 Å². The van der Waals surface area contributed by atoms with Crippen LogP contribution < -0.4 is 5.32 Å². The summed E-state index contributed by atoms with van der Waals surface area (Å²) in [4.78, 5) is 15.5. The van der Waals surface area contributed by atoms with E-state index in [2.05, 4.69) is 36.9 Å². The average molecular weight is 333 g/mol. The van der Waals surface area contributed by atoms with Gasteiger partial charge < -0.3 is 9.88 Å². The van der Waals surface area contributed by atoms with Gasteiger partial charge in [0, 0.05) is 31.5 Å². The Morgan fingerprint density at radius 2 is 2.20 bits per heavy atom. The zero-order valence-corrected chi connectivity index (χ0v) is 13.8. The number of aromatic nitrogens is 4. The van der Waals surface area contributed by atoms with Gasteiger partial charge in [0.15, 0.2) is 0 Å². The molecule has 7 heteroatoms. The second-order valence-corrected chi connectivity index (χ2v) is 6.23. The molecule has 4 rings (SSSR count). The summed E-state index contributed by atoms with van der Waals surface area (Å²) in [5, 5.41) is 12.4. The van der Waals surface area contributed by atoms with Crippen molar-refractivity contribution in [1.82, 2.24) is 24.4 Å². The molecular weight excluding hydrogens is 314 g/mol. The number of imidazole rings is 1. The van der Waals surface area contributed by atoms with Crippen molar-refractivity contribution in [3.05, 3.63) is 48.5 Å². The van der Waals surface area contributed by atoms with Gasteiger partial charge in [0.05, 0.1) is 42.1 Å². The van der Waals surface area contributed by atoms with Crippen molar-refractivity contribution in [2.45, 2.75) is 19.0 Å². The van der Waals surface area contributed by atoms with Gasteiger partial charge in [-0.05, 0) is 18.6 Å². The molecule has 1 fully saturated rings.